The molecule has 0 amide bonds. The van der Waals surface area contributed by atoms with Gasteiger partial charge in [-0.3, -0.25) is 0 Å². The Labute approximate surface area is 250 Å². The summed E-state index contributed by atoms with van der Waals surface area (Å²) in [7, 11) is 9.09. The predicted octanol–water partition coefficient (Wildman–Crippen LogP) is 4.20. The van der Waals surface area contributed by atoms with Crippen LogP contribution < -0.4 is 8.92 Å². The standard InChI is InChI=1S/C34H38N4Se2/c1-35-23-37(3)33(31(35)25-15-7-5-8-16-25)27-19-11-13-21-29(27)39-40-30-22-14-12-20-28(30)34-32(36(2)24-38(34)4)26-17-9-6-10-18-26/h5-22,31-34H,23-24H2,1-4H3/t31-,32-,33-,34-/m0/s1. The molecule has 40 heavy (non-hydrogen) atoms. The maximum atomic E-state index is 2.53. The van der Waals surface area contributed by atoms with Crippen molar-refractivity contribution >= 4 is 35.2 Å². The molecule has 2 saturated heterocycles. The molecule has 0 unspecified atom stereocenters. The van der Waals surface area contributed by atoms with E-state index >= 15 is 0 Å². The van der Waals surface area contributed by atoms with E-state index in [2.05, 4.69) is 157 Å². The number of rotatable bonds is 7. The van der Waals surface area contributed by atoms with Gasteiger partial charge < -0.3 is 0 Å². The molecule has 2 fully saturated rings. The van der Waals surface area contributed by atoms with Crippen LogP contribution >= 0.6 is 0 Å². The summed E-state index contributed by atoms with van der Waals surface area (Å²) >= 11 is 0.766. The van der Waals surface area contributed by atoms with E-state index in [-0.39, 0.29) is 0 Å². The van der Waals surface area contributed by atoms with E-state index in [1.165, 1.54) is 22.3 Å². The van der Waals surface area contributed by atoms with Gasteiger partial charge in [-0.25, -0.2) is 0 Å². The molecule has 2 heterocycles. The third-order valence-corrected chi connectivity index (χ3v) is 15.7. The van der Waals surface area contributed by atoms with Crippen LogP contribution in [0.2, 0.25) is 0 Å². The van der Waals surface area contributed by atoms with E-state index in [1.807, 2.05) is 0 Å². The molecule has 6 rings (SSSR count). The second kappa shape index (κ2) is 12.3. The zero-order valence-corrected chi connectivity index (χ0v) is 27.1. The van der Waals surface area contributed by atoms with Crippen molar-refractivity contribution in [3.63, 3.8) is 0 Å². The summed E-state index contributed by atoms with van der Waals surface area (Å²) in [6, 6.07) is 42.1. The van der Waals surface area contributed by atoms with E-state index in [1.54, 1.807) is 8.92 Å². The quantitative estimate of drug-likeness (QED) is 0.276. The van der Waals surface area contributed by atoms with Gasteiger partial charge in [0, 0.05) is 0 Å². The molecule has 2 aliphatic heterocycles. The van der Waals surface area contributed by atoms with E-state index < -0.39 is 0 Å². The van der Waals surface area contributed by atoms with Crippen molar-refractivity contribution in [1.29, 1.82) is 0 Å². The average Bonchev–Trinajstić information content (AvgIpc) is 3.45. The van der Waals surface area contributed by atoms with Gasteiger partial charge in [-0.1, -0.05) is 0 Å². The van der Waals surface area contributed by atoms with Gasteiger partial charge in [0.2, 0.25) is 0 Å². The molecule has 2 aliphatic rings. The van der Waals surface area contributed by atoms with Gasteiger partial charge in [0.15, 0.2) is 0 Å². The second-order valence-electron chi connectivity index (χ2n) is 11.2. The molecule has 4 atom stereocenters. The first-order valence-electron chi connectivity index (χ1n) is 14.0. The third kappa shape index (κ3) is 5.48. The molecule has 206 valence electrons. The van der Waals surface area contributed by atoms with Crippen LogP contribution in [0.5, 0.6) is 0 Å². The molecule has 4 nitrogen and oxygen atoms in total. The molecular weight excluding hydrogens is 622 g/mol. The van der Waals surface area contributed by atoms with E-state index in [9.17, 15) is 0 Å². The van der Waals surface area contributed by atoms with E-state index in [0.717, 1.165) is 13.3 Å². The van der Waals surface area contributed by atoms with Crippen LogP contribution in [0.15, 0.2) is 109 Å². The van der Waals surface area contributed by atoms with Crippen LogP contribution in [0, 0.1) is 0 Å². The van der Waals surface area contributed by atoms with Crippen molar-refractivity contribution in [2.45, 2.75) is 24.2 Å². The molecule has 0 spiro atoms. The normalized spacial score (nSPS) is 24.6. The van der Waals surface area contributed by atoms with Crippen molar-refractivity contribution in [1.82, 2.24) is 19.6 Å². The number of nitrogens with zero attached hydrogens (tertiary/aromatic N) is 4. The van der Waals surface area contributed by atoms with Crippen molar-refractivity contribution < 1.29 is 0 Å². The first kappa shape index (κ1) is 27.9. The van der Waals surface area contributed by atoms with E-state index in [0.29, 0.717) is 50.4 Å². The SMILES string of the molecule is CN1CN(C)[C@@H](c2ccccc2[Se][Se]c2ccccc2[C@H]2[C@H](c3ccccc3)N(C)CN2C)[C@@H]1c1ccccc1. The summed E-state index contributed by atoms with van der Waals surface area (Å²) in [6.07, 6.45) is 0. The molecule has 0 aromatic heterocycles. The Hall–Kier alpha value is -2.24. The maximum absolute atomic E-state index is 2.53. The monoisotopic (exact) mass is 662 g/mol. The first-order valence-corrected chi connectivity index (χ1v) is 20.0. The molecule has 6 heteroatoms. The number of benzene rings is 4. The number of hydrogen-bond donors (Lipinski definition) is 0. The van der Waals surface area contributed by atoms with Gasteiger partial charge >= 0.3 is 252 Å². The summed E-state index contributed by atoms with van der Waals surface area (Å²) in [4.78, 5) is 10.1. The molecule has 0 saturated carbocycles. The van der Waals surface area contributed by atoms with Gasteiger partial charge in [-0.2, -0.15) is 0 Å². The molecule has 0 radical (unpaired) electrons. The van der Waals surface area contributed by atoms with Gasteiger partial charge in [0.1, 0.15) is 0 Å². The van der Waals surface area contributed by atoms with Crippen LogP contribution in [0.1, 0.15) is 46.4 Å². The topological polar surface area (TPSA) is 13.0 Å². The Morgan fingerprint density at radius 2 is 0.750 bits per heavy atom. The van der Waals surface area contributed by atoms with Gasteiger partial charge in [-0.05, 0) is 0 Å². The van der Waals surface area contributed by atoms with Crippen molar-refractivity contribution in [3.8, 4) is 0 Å². The fourth-order valence-corrected chi connectivity index (χ4v) is 14.1. The average molecular weight is 661 g/mol. The second-order valence-corrected chi connectivity index (χ2v) is 17.3. The summed E-state index contributed by atoms with van der Waals surface area (Å²) in [5.41, 5.74) is 5.81. The van der Waals surface area contributed by atoms with Gasteiger partial charge in [-0.15, -0.1) is 0 Å². The summed E-state index contributed by atoms with van der Waals surface area (Å²) in [6.45, 7) is 1.95. The van der Waals surface area contributed by atoms with Crippen molar-refractivity contribution in [2.75, 3.05) is 41.5 Å². The molecule has 0 N–H and O–H groups in total. The summed E-state index contributed by atoms with van der Waals surface area (Å²) in [5, 5.41) is 0. The Kier molecular flexibility index (Phi) is 8.60. The molecular formula is C34H38N4Se2. The van der Waals surface area contributed by atoms with Crippen LogP contribution in [0.4, 0.5) is 0 Å². The van der Waals surface area contributed by atoms with Crippen LogP contribution in [-0.4, -0.2) is 87.4 Å². The fraction of sp³-hybridized carbons (Fsp3) is 0.294. The Bertz CT molecular complexity index is 1310. The molecule has 4 aromatic carbocycles. The summed E-state index contributed by atoms with van der Waals surface area (Å²) < 4.78 is 3.10. The molecule has 0 aliphatic carbocycles. The van der Waals surface area contributed by atoms with Crippen LogP contribution in [-0.2, 0) is 0 Å². The first-order chi connectivity index (χ1) is 19.5. The fourth-order valence-electron chi connectivity index (χ4n) is 6.70. The van der Waals surface area contributed by atoms with Crippen LogP contribution in [0.25, 0.3) is 0 Å². The molecule has 0 bridgehead atoms. The van der Waals surface area contributed by atoms with Gasteiger partial charge in [0.05, 0.1) is 0 Å². The zero-order valence-electron chi connectivity index (χ0n) is 23.7. The zero-order chi connectivity index (χ0) is 27.6. The van der Waals surface area contributed by atoms with Crippen LogP contribution in [0.3, 0.4) is 0 Å². The Morgan fingerprint density at radius 3 is 1.15 bits per heavy atom. The number of likely N-dealkylation sites (N-methyl/N-ethyl adjacent to an activating group) is 4. The summed E-state index contributed by atoms with van der Waals surface area (Å²) in [5.74, 6) is 0. The Morgan fingerprint density at radius 1 is 0.425 bits per heavy atom. The van der Waals surface area contributed by atoms with Crippen molar-refractivity contribution in [2.24, 2.45) is 0 Å². The third-order valence-electron chi connectivity index (χ3n) is 8.37. The number of hydrogen-bond acceptors (Lipinski definition) is 4. The van der Waals surface area contributed by atoms with Crippen molar-refractivity contribution in [3.05, 3.63) is 131 Å². The van der Waals surface area contributed by atoms with Gasteiger partial charge in [0.25, 0.3) is 0 Å². The minimum atomic E-state index is 0.355. The van der Waals surface area contributed by atoms with E-state index in [4.69, 9.17) is 0 Å². The Balaban J connectivity index is 1.30. The molecule has 4 aromatic rings. The minimum absolute atomic E-state index is 0.355. The predicted molar refractivity (Wildman–Crippen MR) is 168 cm³/mol.